The Bertz CT molecular complexity index is 815. The number of rotatable bonds is 8. The van der Waals surface area contributed by atoms with Gasteiger partial charge in [0, 0.05) is 14.9 Å². The molecular formula is C18H20Cl2NO4PS. The van der Waals surface area contributed by atoms with Gasteiger partial charge in [-0.3, -0.25) is 4.79 Å². The fraction of sp³-hybridized carbons (Fsp3) is 0.278. The second-order valence-electron chi connectivity index (χ2n) is 5.93. The second-order valence-corrected chi connectivity index (χ2v) is 10.9. The molecule has 1 unspecified atom stereocenters. The molecule has 9 heteroatoms. The van der Waals surface area contributed by atoms with Crippen LogP contribution in [0.15, 0.2) is 53.4 Å². The first-order chi connectivity index (χ1) is 12.7. The topological polar surface area (TPSA) is 64.6 Å². The lowest BCUT2D eigenvalue weighted by Gasteiger charge is -2.23. The molecule has 0 fully saturated rings. The summed E-state index contributed by atoms with van der Waals surface area (Å²) in [4.78, 5) is 12.7. The number of nitrogens with one attached hydrogen (secondary N) is 1. The van der Waals surface area contributed by atoms with Crippen molar-refractivity contribution >= 4 is 47.3 Å². The van der Waals surface area contributed by atoms with Crippen LogP contribution in [-0.2, 0) is 14.1 Å². The maximum Gasteiger partial charge on any atom is 0.379 e. The molecule has 0 aliphatic carbocycles. The third-order valence-corrected chi connectivity index (χ3v) is 7.26. The number of hydrogen-bond donors (Lipinski definition) is 1. The minimum absolute atomic E-state index is 0.282. The number of carbonyl (C=O) groups excluding carboxylic acids is 1. The van der Waals surface area contributed by atoms with Gasteiger partial charge in [-0.25, -0.2) is 9.65 Å². The Labute approximate surface area is 173 Å². The van der Waals surface area contributed by atoms with Crippen molar-refractivity contribution in [2.75, 3.05) is 0 Å². The molecule has 2 aromatic carbocycles. The zero-order chi connectivity index (χ0) is 20.0. The number of esters is 1. The predicted molar refractivity (Wildman–Crippen MR) is 111 cm³/mol. The third kappa shape index (κ3) is 7.40. The maximum absolute atomic E-state index is 13.5. The average Bonchev–Trinajstić information content (AvgIpc) is 2.53. The van der Waals surface area contributed by atoms with Crippen LogP contribution in [-0.4, -0.2) is 18.1 Å². The van der Waals surface area contributed by atoms with Gasteiger partial charge in [-0.2, -0.15) is 0 Å². The van der Waals surface area contributed by atoms with E-state index in [1.54, 1.807) is 63.2 Å². The van der Waals surface area contributed by atoms with E-state index in [4.69, 9.17) is 32.5 Å². The van der Waals surface area contributed by atoms with Crippen molar-refractivity contribution < 1.29 is 18.6 Å². The van der Waals surface area contributed by atoms with Crippen molar-refractivity contribution in [1.82, 2.24) is 5.09 Å². The molecule has 2 rings (SSSR count). The van der Waals surface area contributed by atoms with Crippen LogP contribution in [0.2, 0.25) is 10.0 Å². The first-order valence-corrected chi connectivity index (χ1v) is 12.0. The van der Waals surface area contributed by atoms with Gasteiger partial charge in [-0.05, 0) is 62.5 Å². The molecule has 146 valence electrons. The van der Waals surface area contributed by atoms with Crippen LogP contribution in [0.4, 0.5) is 0 Å². The molecule has 0 amide bonds. The highest BCUT2D eigenvalue weighted by molar-refractivity contribution is 8.56. The van der Waals surface area contributed by atoms with Crippen LogP contribution < -0.4 is 9.61 Å². The summed E-state index contributed by atoms with van der Waals surface area (Å²) < 4.78 is 24.4. The summed E-state index contributed by atoms with van der Waals surface area (Å²) >= 11 is 13.0. The summed E-state index contributed by atoms with van der Waals surface area (Å²) in [7, 11) is 0. The third-order valence-electron chi connectivity index (χ3n) is 3.09. The summed E-state index contributed by atoms with van der Waals surface area (Å²) in [6.07, 6.45) is -0.282. The van der Waals surface area contributed by atoms with Crippen LogP contribution in [0, 0.1) is 0 Å². The molecule has 2 atom stereocenters. The molecule has 5 nitrogen and oxygen atoms in total. The van der Waals surface area contributed by atoms with E-state index in [1.807, 2.05) is 6.07 Å². The molecule has 1 N–H and O–H groups in total. The van der Waals surface area contributed by atoms with E-state index >= 15 is 0 Å². The number of benzene rings is 2. The van der Waals surface area contributed by atoms with Crippen molar-refractivity contribution in [2.45, 2.75) is 37.8 Å². The summed E-state index contributed by atoms with van der Waals surface area (Å²) in [5.41, 5.74) is 0. The number of carbonyl (C=O) groups is 1. The number of hydrogen-bond acceptors (Lipinski definition) is 5. The van der Waals surface area contributed by atoms with E-state index in [2.05, 4.69) is 5.09 Å². The Balaban J connectivity index is 2.27. The molecule has 0 aliphatic heterocycles. The fourth-order valence-electron chi connectivity index (χ4n) is 2.04. The highest BCUT2D eigenvalue weighted by Gasteiger charge is 2.32. The zero-order valence-electron chi connectivity index (χ0n) is 15.0. The van der Waals surface area contributed by atoms with Gasteiger partial charge in [-0.15, -0.1) is 0 Å². The molecule has 0 radical (unpaired) electrons. The highest BCUT2D eigenvalue weighted by atomic mass is 35.5. The van der Waals surface area contributed by atoms with E-state index in [0.717, 1.165) is 11.4 Å². The SMILES string of the molecule is CC(C)OC(=O)[C@H](C)NP(=O)(Oc1ccccc1)Sc1cc(Cl)cc(Cl)c1. The molecule has 27 heavy (non-hydrogen) atoms. The molecule has 0 bridgehead atoms. The van der Waals surface area contributed by atoms with Crippen molar-refractivity contribution in [1.29, 1.82) is 0 Å². The normalized spacial score (nSPS) is 14.4. The quantitative estimate of drug-likeness (QED) is 0.383. The lowest BCUT2D eigenvalue weighted by atomic mass is 10.3. The van der Waals surface area contributed by atoms with Gasteiger partial charge in [-0.1, -0.05) is 41.4 Å². The van der Waals surface area contributed by atoms with Gasteiger partial charge in [0.05, 0.1) is 6.10 Å². The molecule has 0 saturated carbocycles. The Kier molecular flexibility index (Phi) is 8.07. The molecular weight excluding hydrogens is 428 g/mol. The molecule has 0 aliphatic rings. The second kappa shape index (κ2) is 9.85. The maximum atomic E-state index is 13.5. The Morgan fingerprint density at radius 3 is 2.22 bits per heavy atom. The Morgan fingerprint density at radius 2 is 1.67 bits per heavy atom. The van der Waals surface area contributed by atoms with Gasteiger partial charge < -0.3 is 9.26 Å². The molecule has 0 saturated heterocycles. The van der Waals surface area contributed by atoms with Gasteiger partial charge in [0.1, 0.15) is 11.8 Å². The van der Waals surface area contributed by atoms with Crippen molar-refractivity contribution in [3.8, 4) is 5.75 Å². The first-order valence-electron chi connectivity index (χ1n) is 8.15. The van der Waals surface area contributed by atoms with Crippen LogP contribution in [0.1, 0.15) is 20.8 Å². The highest BCUT2D eigenvalue weighted by Crippen LogP contribution is 2.59. The Hall–Kier alpha value is -1.17. The van der Waals surface area contributed by atoms with E-state index < -0.39 is 18.7 Å². The summed E-state index contributed by atoms with van der Waals surface area (Å²) in [5, 5.41) is 3.58. The van der Waals surface area contributed by atoms with Gasteiger partial charge in [0.15, 0.2) is 0 Å². The van der Waals surface area contributed by atoms with E-state index in [9.17, 15) is 9.36 Å². The summed E-state index contributed by atoms with van der Waals surface area (Å²) in [6, 6.07) is 12.7. The van der Waals surface area contributed by atoms with Crippen LogP contribution >= 0.6 is 41.3 Å². The van der Waals surface area contributed by atoms with Gasteiger partial charge in [0.25, 0.3) is 0 Å². The van der Waals surface area contributed by atoms with E-state index in [0.29, 0.717) is 20.7 Å². The molecule has 0 heterocycles. The Morgan fingerprint density at radius 1 is 1.07 bits per heavy atom. The first kappa shape index (κ1) is 22.1. The van der Waals surface area contributed by atoms with E-state index in [-0.39, 0.29) is 6.10 Å². The summed E-state index contributed by atoms with van der Waals surface area (Å²) in [6.45, 7) is 1.45. The van der Waals surface area contributed by atoms with Gasteiger partial charge >= 0.3 is 12.7 Å². The van der Waals surface area contributed by atoms with E-state index in [1.165, 1.54) is 0 Å². The minimum Gasteiger partial charge on any atom is -0.462 e. The van der Waals surface area contributed by atoms with Crippen LogP contribution in [0.5, 0.6) is 5.75 Å². The number of para-hydroxylation sites is 1. The smallest absolute Gasteiger partial charge is 0.379 e. The van der Waals surface area contributed by atoms with Crippen molar-refractivity contribution in [2.24, 2.45) is 0 Å². The monoisotopic (exact) mass is 447 g/mol. The molecule has 2 aromatic rings. The molecule has 0 spiro atoms. The summed E-state index contributed by atoms with van der Waals surface area (Å²) in [5.74, 6) is -0.120. The fourth-order valence-corrected chi connectivity index (χ4v) is 6.60. The van der Waals surface area contributed by atoms with Crippen molar-refractivity contribution in [3.05, 3.63) is 58.6 Å². The van der Waals surface area contributed by atoms with Crippen LogP contribution in [0.3, 0.4) is 0 Å². The zero-order valence-corrected chi connectivity index (χ0v) is 18.2. The minimum atomic E-state index is -3.61. The average molecular weight is 448 g/mol. The van der Waals surface area contributed by atoms with Gasteiger partial charge in [0.2, 0.25) is 0 Å². The lowest BCUT2D eigenvalue weighted by molar-refractivity contribution is -0.148. The predicted octanol–water partition coefficient (Wildman–Crippen LogP) is 6.20. The standard InChI is InChI=1S/C18H20Cl2NO4PS/c1-12(2)24-18(22)13(3)21-26(23,25-16-7-5-4-6-8-16)27-17-10-14(19)9-15(20)11-17/h4-13H,1-3H3,(H,21,23)/t13-,26?/m0/s1. The van der Waals surface area contributed by atoms with Crippen molar-refractivity contribution in [3.63, 3.8) is 0 Å². The molecule has 0 aromatic heterocycles. The largest absolute Gasteiger partial charge is 0.462 e. The number of halogens is 2. The lowest BCUT2D eigenvalue weighted by Crippen LogP contribution is -2.35. The number of ether oxygens (including phenoxy) is 1. The van der Waals surface area contributed by atoms with Crippen LogP contribution in [0.25, 0.3) is 0 Å².